The first-order valence-corrected chi connectivity index (χ1v) is 10.6. The van der Waals surface area contributed by atoms with Gasteiger partial charge >= 0.3 is 17.1 Å². The van der Waals surface area contributed by atoms with Crippen molar-refractivity contribution in [3.05, 3.63) is 78.9 Å². The van der Waals surface area contributed by atoms with E-state index in [1.807, 2.05) is 30.3 Å². The van der Waals surface area contributed by atoms with Crippen molar-refractivity contribution in [2.75, 3.05) is 0 Å². The number of rotatable bonds is 2. The molecule has 0 fully saturated rings. The van der Waals surface area contributed by atoms with E-state index in [1.165, 1.54) is 11.1 Å². The second-order valence-electron chi connectivity index (χ2n) is 5.93. The van der Waals surface area contributed by atoms with Gasteiger partial charge in [-0.05, 0) is 0 Å². The van der Waals surface area contributed by atoms with Gasteiger partial charge in [0, 0.05) is 8.07 Å². The van der Waals surface area contributed by atoms with Crippen LogP contribution in [0.2, 0.25) is 19.6 Å². The molecule has 3 rings (SSSR count). The third-order valence-corrected chi connectivity index (χ3v) is 5.32. The fourth-order valence-corrected chi connectivity index (χ4v) is 3.90. The van der Waals surface area contributed by atoms with Crippen molar-refractivity contribution in [1.29, 1.82) is 0 Å². The Hall–Kier alpha value is -1.34. The molecule has 0 aliphatic rings. The zero-order chi connectivity index (χ0) is 14.4. The topological polar surface area (TPSA) is 0 Å². The second kappa shape index (κ2) is 8.19. The predicted octanol–water partition coefficient (Wildman–Crippen LogP) is 5.02. The van der Waals surface area contributed by atoms with Crippen LogP contribution in [0.5, 0.6) is 0 Å². The summed E-state index contributed by atoms with van der Waals surface area (Å²) in [5.41, 5.74) is 2.77. The average molecular weight is 334 g/mol. The van der Waals surface area contributed by atoms with Crippen LogP contribution >= 0.6 is 0 Å². The first-order chi connectivity index (χ1) is 9.59. The Labute approximate surface area is 140 Å². The van der Waals surface area contributed by atoms with Gasteiger partial charge in [0.25, 0.3) is 0 Å². The maximum atomic E-state index is 2.40. The molecule has 0 aliphatic carbocycles. The van der Waals surface area contributed by atoms with Crippen LogP contribution in [-0.4, -0.2) is 8.07 Å². The number of hydrogen-bond acceptors (Lipinski definition) is 0. The van der Waals surface area contributed by atoms with Crippen LogP contribution in [0, 0.1) is 0 Å². The molecule has 2 heteroatoms. The van der Waals surface area contributed by atoms with Gasteiger partial charge in [-0.2, -0.15) is 35.5 Å². The van der Waals surface area contributed by atoms with Crippen molar-refractivity contribution >= 4 is 13.3 Å². The Kier molecular flexibility index (Phi) is 6.90. The maximum absolute atomic E-state index is 2.40. The van der Waals surface area contributed by atoms with Crippen LogP contribution in [0.15, 0.2) is 78.9 Å². The predicted molar refractivity (Wildman–Crippen MR) is 92.5 cm³/mol. The molecule has 0 heterocycles. The van der Waals surface area contributed by atoms with Crippen LogP contribution in [0.3, 0.4) is 0 Å². The van der Waals surface area contributed by atoms with Crippen molar-refractivity contribution in [3.8, 4) is 11.1 Å². The fraction of sp³-hybridized carbons (Fsp3) is 0.158. The second-order valence-corrected chi connectivity index (χ2v) is 11.0. The summed E-state index contributed by atoms with van der Waals surface area (Å²) in [5.74, 6) is 0. The molecule has 0 radical (unpaired) electrons. The third-order valence-electron chi connectivity index (χ3n) is 3.26. The van der Waals surface area contributed by atoms with Gasteiger partial charge in [-0.25, -0.2) is 12.1 Å². The van der Waals surface area contributed by atoms with Crippen molar-refractivity contribution in [2.45, 2.75) is 19.6 Å². The Bertz CT molecular complexity index is 583. The zero-order valence-electron chi connectivity index (χ0n) is 12.9. The molecular weight excluding hydrogens is 312 g/mol. The summed E-state index contributed by atoms with van der Waals surface area (Å²) in [6, 6.07) is 27.4. The van der Waals surface area contributed by atoms with E-state index in [9.17, 15) is 0 Å². The van der Waals surface area contributed by atoms with E-state index in [1.54, 1.807) is 5.19 Å². The molecule has 0 saturated carbocycles. The molecule has 0 spiro atoms. The number of benzene rings is 1. The summed E-state index contributed by atoms with van der Waals surface area (Å²) < 4.78 is 0. The van der Waals surface area contributed by atoms with E-state index in [0.29, 0.717) is 0 Å². The van der Waals surface area contributed by atoms with E-state index in [-0.39, 0.29) is 17.1 Å². The molecule has 3 aromatic carbocycles. The summed E-state index contributed by atoms with van der Waals surface area (Å²) in [6.07, 6.45) is 0. The Morgan fingerprint density at radius 1 is 0.762 bits per heavy atom. The summed E-state index contributed by atoms with van der Waals surface area (Å²) in [5, 5.41) is 1.56. The molecule has 0 nitrogen and oxygen atoms in total. The summed E-state index contributed by atoms with van der Waals surface area (Å²) >= 11 is 0. The van der Waals surface area contributed by atoms with Gasteiger partial charge in [0.1, 0.15) is 0 Å². The first kappa shape index (κ1) is 17.7. The molecule has 0 N–H and O–H groups in total. The van der Waals surface area contributed by atoms with Gasteiger partial charge < -0.3 is 0 Å². The molecule has 0 bridgehead atoms. The molecular formula is C19H22FeSi. The molecule has 3 aromatic rings. The summed E-state index contributed by atoms with van der Waals surface area (Å²) in [4.78, 5) is 0. The quantitative estimate of drug-likeness (QED) is 0.456. The zero-order valence-corrected chi connectivity index (χ0v) is 15.0. The summed E-state index contributed by atoms with van der Waals surface area (Å²) in [7, 11) is -1.21. The van der Waals surface area contributed by atoms with Gasteiger partial charge in [-0.15, -0.1) is 17.2 Å². The number of hydrogen-bond donors (Lipinski definition) is 0. The van der Waals surface area contributed by atoms with E-state index in [2.05, 4.69) is 68.2 Å². The van der Waals surface area contributed by atoms with Gasteiger partial charge in [-0.3, -0.25) is 0 Å². The monoisotopic (exact) mass is 334 g/mol. The van der Waals surface area contributed by atoms with Crippen LogP contribution in [0.1, 0.15) is 0 Å². The molecule has 110 valence electrons. The third kappa shape index (κ3) is 5.16. The molecule has 0 unspecified atom stereocenters. The molecule has 0 aromatic heterocycles. The Balaban J connectivity index is 0.000000313. The van der Waals surface area contributed by atoms with E-state index in [4.69, 9.17) is 0 Å². The van der Waals surface area contributed by atoms with Gasteiger partial charge in [-0.1, -0.05) is 50.0 Å². The Morgan fingerprint density at radius 3 is 1.86 bits per heavy atom. The molecule has 0 aliphatic heterocycles. The van der Waals surface area contributed by atoms with Gasteiger partial charge in [0.15, 0.2) is 0 Å². The van der Waals surface area contributed by atoms with Crippen molar-refractivity contribution in [2.24, 2.45) is 0 Å². The average Bonchev–Trinajstić information content (AvgIpc) is 3.13. The van der Waals surface area contributed by atoms with Crippen molar-refractivity contribution in [1.82, 2.24) is 0 Å². The van der Waals surface area contributed by atoms with Gasteiger partial charge in [0.05, 0.1) is 0 Å². The van der Waals surface area contributed by atoms with Crippen LogP contribution in [-0.2, 0) is 17.1 Å². The Morgan fingerprint density at radius 2 is 1.38 bits per heavy atom. The van der Waals surface area contributed by atoms with Gasteiger partial charge in [0.2, 0.25) is 0 Å². The molecule has 0 atom stereocenters. The van der Waals surface area contributed by atoms with Crippen molar-refractivity contribution in [3.63, 3.8) is 0 Å². The van der Waals surface area contributed by atoms with Crippen LogP contribution in [0.25, 0.3) is 11.1 Å². The fourth-order valence-electron chi connectivity index (χ4n) is 2.26. The van der Waals surface area contributed by atoms with Crippen LogP contribution in [0.4, 0.5) is 0 Å². The molecule has 0 saturated heterocycles. The normalized spacial score (nSPS) is 10.2. The minimum Gasteiger partial charge on any atom is -0.214 e. The van der Waals surface area contributed by atoms with E-state index >= 15 is 0 Å². The van der Waals surface area contributed by atoms with E-state index < -0.39 is 8.07 Å². The molecule has 21 heavy (non-hydrogen) atoms. The SMILES string of the molecule is C[Si](C)(C)c1cc[cH-]c1-c1ccccc1.[Fe+2].c1cc[cH-]c1. The standard InChI is InChI=1S/C14H17Si.C5H5.Fe/c1-15(2,3)14-11-7-10-13(14)12-8-5-4-6-9-12;1-2-4-5-3-1;/h4-11H,1-3H3;1-5H;/q2*-1;+2. The smallest absolute Gasteiger partial charge is 0.214 e. The van der Waals surface area contributed by atoms with E-state index in [0.717, 1.165) is 0 Å². The summed E-state index contributed by atoms with van der Waals surface area (Å²) in [6.45, 7) is 7.19. The minimum absolute atomic E-state index is 0. The maximum Gasteiger partial charge on any atom is 2.00 e. The minimum atomic E-state index is -1.21. The first-order valence-electron chi connectivity index (χ1n) is 7.07. The largest absolute Gasteiger partial charge is 2.00 e. The molecule has 0 amide bonds. The van der Waals surface area contributed by atoms with Crippen LogP contribution < -0.4 is 5.19 Å². The van der Waals surface area contributed by atoms with Crippen molar-refractivity contribution < 1.29 is 17.1 Å².